The van der Waals surface area contributed by atoms with Crippen LogP contribution in [-0.4, -0.2) is 22.1 Å². The van der Waals surface area contributed by atoms with Crippen LogP contribution in [0.2, 0.25) is 0 Å². The maximum Gasteiger partial charge on any atom is 0.222 e. The summed E-state index contributed by atoms with van der Waals surface area (Å²) in [7, 11) is 0. The molecule has 0 amide bonds. The van der Waals surface area contributed by atoms with Gasteiger partial charge in [-0.2, -0.15) is 0 Å². The Balaban J connectivity index is 1.94. The minimum atomic E-state index is -0.398. The van der Waals surface area contributed by atoms with Gasteiger partial charge in [0, 0.05) is 11.0 Å². The van der Waals surface area contributed by atoms with Gasteiger partial charge in [-0.25, -0.2) is 0 Å². The maximum atomic E-state index is 12.2. The normalized spacial score (nSPS) is 22.9. The quantitative estimate of drug-likeness (QED) is 0.253. The van der Waals surface area contributed by atoms with Crippen molar-refractivity contribution < 1.29 is 15.0 Å². The van der Waals surface area contributed by atoms with Crippen molar-refractivity contribution in [3.8, 4) is 0 Å². The number of hydrogen-bond donors (Lipinski definition) is 2. The second-order valence-corrected chi connectivity index (χ2v) is 13.1. The van der Waals surface area contributed by atoms with Crippen molar-refractivity contribution in [3.63, 3.8) is 0 Å². The van der Waals surface area contributed by atoms with Gasteiger partial charge >= 0.3 is 0 Å². The molecule has 0 aliphatic heterocycles. The minimum Gasteiger partial charge on any atom is -0.504 e. The van der Waals surface area contributed by atoms with E-state index in [2.05, 4.69) is 83.2 Å². The van der Waals surface area contributed by atoms with Gasteiger partial charge in [0.05, 0.1) is 6.10 Å². The number of ketones is 1. The summed E-state index contributed by atoms with van der Waals surface area (Å²) in [5.74, 6) is -0.477. The van der Waals surface area contributed by atoms with Crippen molar-refractivity contribution in [1.29, 1.82) is 0 Å². The first-order valence-corrected chi connectivity index (χ1v) is 15.2. The van der Waals surface area contributed by atoms with E-state index in [0.717, 1.165) is 40.7 Å². The number of aliphatic hydroxyl groups is 2. The predicted octanol–water partition coefficient (Wildman–Crippen LogP) is 10.4. The average Bonchev–Trinajstić information content (AvgIpc) is 2.91. The summed E-state index contributed by atoms with van der Waals surface area (Å²) in [5, 5.41) is 20.1. The average molecular weight is 581 g/mol. The summed E-state index contributed by atoms with van der Waals surface area (Å²) >= 11 is 0. The Morgan fingerprint density at radius 2 is 1.19 bits per heavy atom. The van der Waals surface area contributed by atoms with E-state index in [1.807, 2.05) is 64.2 Å². The van der Waals surface area contributed by atoms with Gasteiger partial charge in [0.1, 0.15) is 0 Å². The minimum absolute atomic E-state index is 0.0924. The van der Waals surface area contributed by atoms with E-state index >= 15 is 0 Å². The summed E-state index contributed by atoms with van der Waals surface area (Å²) in [6.07, 6.45) is 32.0. The SMILES string of the molecule is CC(C=CC1=C(C)C(O)CCC1(C)C)=CC=CC(C)=C/C=C/C=C(C)/C=C/C=C(C)/C=C/C1=C(C)C(=O)C(O)=CC1(C)C. The lowest BCUT2D eigenvalue weighted by molar-refractivity contribution is -0.114. The second-order valence-electron chi connectivity index (χ2n) is 13.1. The van der Waals surface area contributed by atoms with Gasteiger partial charge in [0.15, 0.2) is 5.76 Å². The van der Waals surface area contributed by atoms with Gasteiger partial charge in [-0.1, -0.05) is 135 Å². The molecule has 2 aliphatic rings. The summed E-state index contributed by atoms with van der Waals surface area (Å²) in [6.45, 7) is 20.6. The van der Waals surface area contributed by atoms with Crippen LogP contribution in [0.15, 0.2) is 141 Å². The van der Waals surface area contributed by atoms with Crippen LogP contribution in [0, 0.1) is 10.8 Å². The lowest BCUT2D eigenvalue weighted by Crippen LogP contribution is -2.27. The predicted molar refractivity (Wildman–Crippen MR) is 185 cm³/mol. The fourth-order valence-corrected chi connectivity index (χ4v) is 5.31. The van der Waals surface area contributed by atoms with E-state index in [-0.39, 0.29) is 23.1 Å². The molecular weight excluding hydrogens is 528 g/mol. The molecule has 0 bridgehead atoms. The van der Waals surface area contributed by atoms with Crippen LogP contribution in [0.1, 0.15) is 82.1 Å². The van der Waals surface area contributed by atoms with Crippen LogP contribution < -0.4 is 0 Å². The van der Waals surface area contributed by atoms with E-state index in [1.54, 1.807) is 13.0 Å². The van der Waals surface area contributed by atoms with Gasteiger partial charge < -0.3 is 10.2 Å². The van der Waals surface area contributed by atoms with Crippen LogP contribution in [0.3, 0.4) is 0 Å². The highest BCUT2D eigenvalue weighted by Crippen LogP contribution is 2.41. The standard InChI is InChI=1S/C40H52O3/c1-28(17-13-19-30(3)21-23-34-32(5)36(41)25-26-39(34,7)8)15-11-12-16-29(2)18-14-20-31(4)22-24-35-33(6)38(43)37(42)27-40(35,9)10/h11-24,27,36,41-42H,25-26H2,1-10H3/b12-11+,17-13?,18-14+,23-21?,24-22+,28-15?,29-16+,30-19?,31-20+. The molecule has 2 aliphatic carbocycles. The van der Waals surface area contributed by atoms with E-state index in [0.29, 0.717) is 5.57 Å². The summed E-state index contributed by atoms with van der Waals surface area (Å²) < 4.78 is 0. The van der Waals surface area contributed by atoms with Gasteiger partial charge in [-0.15, -0.1) is 0 Å². The fraction of sp³-hybridized carbons (Fsp3) is 0.375. The Bertz CT molecular complexity index is 1430. The van der Waals surface area contributed by atoms with Crippen molar-refractivity contribution in [2.24, 2.45) is 10.8 Å². The molecule has 0 spiro atoms. The molecule has 2 N–H and O–H groups in total. The van der Waals surface area contributed by atoms with Gasteiger partial charge in [-0.05, 0) is 82.6 Å². The molecule has 0 fully saturated rings. The number of carbonyl (C=O) groups excluding carboxylic acids is 1. The van der Waals surface area contributed by atoms with Crippen molar-refractivity contribution in [1.82, 2.24) is 0 Å². The fourth-order valence-electron chi connectivity index (χ4n) is 5.31. The monoisotopic (exact) mass is 580 g/mol. The Morgan fingerprint density at radius 1 is 0.744 bits per heavy atom. The molecule has 0 saturated carbocycles. The van der Waals surface area contributed by atoms with E-state index in [1.165, 1.54) is 11.1 Å². The number of hydrogen-bond acceptors (Lipinski definition) is 3. The Hall–Kier alpha value is -3.69. The molecule has 1 atom stereocenters. The first-order chi connectivity index (χ1) is 20.0. The molecule has 2 rings (SSSR count). The van der Waals surface area contributed by atoms with E-state index in [9.17, 15) is 15.0 Å². The molecule has 1 unspecified atom stereocenters. The molecule has 3 heteroatoms. The molecule has 0 aromatic heterocycles. The first kappa shape index (κ1) is 35.5. The van der Waals surface area contributed by atoms with Crippen molar-refractivity contribution >= 4 is 5.78 Å². The van der Waals surface area contributed by atoms with Crippen LogP contribution in [-0.2, 0) is 4.79 Å². The largest absolute Gasteiger partial charge is 0.504 e. The lowest BCUT2D eigenvalue weighted by atomic mass is 9.71. The molecule has 0 heterocycles. The number of aliphatic hydroxyl groups excluding tert-OH is 2. The van der Waals surface area contributed by atoms with Gasteiger partial charge in [0.2, 0.25) is 5.78 Å². The summed E-state index contributed by atoms with van der Waals surface area (Å²) in [4.78, 5) is 12.2. The molecule has 0 radical (unpaired) electrons. The van der Waals surface area contributed by atoms with Gasteiger partial charge in [0.25, 0.3) is 0 Å². The number of Topliss-reactive ketones (excluding diaryl/α,β-unsaturated/α-hetero) is 1. The highest BCUT2D eigenvalue weighted by Gasteiger charge is 2.31. The van der Waals surface area contributed by atoms with Crippen LogP contribution in [0.4, 0.5) is 0 Å². The molecule has 43 heavy (non-hydrogen) atoms. The zero-order valence-electron chi connectivity index (χ0n) is 28.0. The Kier molecular flexibility index (Phi) is 13.0. The number of allylic oxidation sites excluding steroid dienone is 22. The van der Waals surface area contributed by atoms with Crippen LogP contribution in [0.5, 0.6) is 0 Å². The zero-order valence-corrected chi connectivity index (χ0v) is 28.0. The molecule has 3 nitrogen and oxygen atoms in total. The van der Waals surface area contributed by atoms with Crippen molar-refractivity contribution in [2.75, 3.05) is 0 Å². The molecule has 0 saturated heterocycles. The number of rotatable bonds is 10. The van der Waals surface area contributed by atoms with Gasteiger partial charge in [-0.3, -0.25) is 4.79 Å². The van der Waals surface area contributed by atoms with Crippen LogP contribution >= 0.6 is 0 Å². The third-order valence-electron chi connectivity index (χ3n) is 8.16. The second kappa shape index (κ2) is 15.7. The highest BCUT2D eigenvalue weighted by molar-refractivity contribution is 6.08. The van der Waals surface area contributed by atoms with Crippen LogP contribution in [0.25, 0.3) is 0 Å². The zero-order chi connectivity index (χ0) is 32.4. The smallest absolute Gasteiger partial charge is 0.222 e. The number of carbonyl (C=O) groups is 1. The first-order valence-electron chi connectivity index (χ1n) is 15.2. The molecule has 0 aromatic rings. The Labute approximate surface area is 260 Å². The highest BCUT2D eigenvalue weighted by atomic mass is 16.3. The molecular formula is C40H52O3. The lowest BCUT2D eigenvalue weighted by Gasteiger charge is -2.35. The Morgan fingerprint density at radius 3 is 1.70 bits per heavy atom. The molecule has 0 aromatic carbocycles. The van der Waals surface area contributed by atoms with Crippen molar-refractivity contribution in [2.45, 2.75) is 88.2 Å². The van der Waals surface area contributed by atoms with Crippen molar-refractivity contribution in [3.05, 3.63) is 141 Å². The van der Waals surface area contributed by atoms with E-state index in [4.69, 9.17) is 0 Å². The third kappa shape index (κ3) is 10.8. The molecule has 230 valence electrons. The summed E-state index contributed by atoms with van der Waals surface area (Å²) in [6, 6.07) is 0. The van der Waals surface area contributed by atoms with E-state index < -0.39 is 5.41 Å². The maximum absolute atomic E-state index is 12.2. The third-order valence-corrected chi connectivity index (χ3v) is 8.16. The summed E-state index contributed by atoms with van der Waals surface area (Å²) in [5.41, 5.74) is 8.06. The topological polar surface area (TPSA) is 57.5 Å².